The topological polar surface area (TPSA) is 56.8 Å². The summed E-state index contributed by atoms with van der Waals surface area (Å²) in [6.45, 7) is 6.18. The minimum atomic E-state index is -0.628. The lowest BCUT2D eigenvalue weighted by atomic mass is 9.86. The van der Waals surface area contributed by atoms with Crippen molar-refractivity contribution >= 4 is 5.97 Å². The van der Waals surface area contributed by atoms with Gasteiger partial charge in [-0.1, -0.05) is 30.3 Å². The van der Waals surface area contributed by atoms with Gasteiger partial charge in [0.05, 0.1) is 19.8 Å². The summed E-state index contributed by atoms with van der Waals surface area (Å²) in [7, 11) is 0. The molecule has 25 heavy (non-hydrogen) atoms. The number of hydrogen-bond donors (Lipinski definition) is 1. The fourth-order valence-corrected chi connectivity index (χ4v) is 3.48. The molecule has 1 N–H and O–H groups in total. The minimum absolute atomic E-state index is 0.215. The molecule has 0 saturated carbocycles. The van der Waals surface area contributed by atoms with Gasteiger partial charge in [0.1, 0.15) is 0 Å². The SMILES string of the molecule is CCOC(=O)C1=C(CN[C@H](C)c2ccccc2)CCC2(C1)OCCO2. The van der Waals surface area contributed by atoms with Crippen molar-refractivity contribution in [2.45, 2.75) is 44.9 Å². The monoisotopic (exact) mass is 345 g/mol. The summed E-state index contributed by atoms with van der Waals surface area (Å²) in [4.78, 5) is 12.4. The van der Waals surface area contributed by atoms with E-state index in [9.17, 15) is 4.79 Å². The number of carbonyl (C=O) groups is 1. The highest BCUT2D eigenvalue weighted by atomic mass is 16.7. The van der Waals surface area contributed by atoms with Crippen LogP contribution >= 0.6 is 0 Å². The van der Waals surface area contributed by atoms with Crippen molar-refractivity contribution in [2.24, 2.45) is 0 Å². The van der Waals surface area contributed by atoms with Crippen molar-refractivity contribution < 1.29 is 19.0 Å². The lowest BCUT2D eigenvalue weighted by Crippen LogP contribution is -2.37. The van der Waals surface area contributed by atoms with Crippen molar-refractivity contribution in [1.82, 2.24) is 5.32 Å². The van der Waals surface area contributed by atoms with Crippen molar-refractivity contribution in [3.8, 4) is 0 Å². The van der Waals surface area contributed by atoms with Crippen LogP contribution in [-0.4, -0.2) is 38.1 Å². The Balaban J connectivity index is 1.72. The summed E-state index contributed by atoms with van der Waals surface area (Å²) < 4.78 is 16.9. The molecule has 5 nitrogen and oxygen atoms in total. The fraction of sp³-hybridized carbons (Fsp3) is 0.550. The van der Waals surface area contributed by atoms with Gasteiger partial charge in [-0.15, -0.1) is 0 Å². The van der Waals surface area contributed by atoms with E-state index in [1.807, 2.05) is 25.1 Å². The lowest BCUT2D eigenvalue weighted by Gasteiger charge is -2.34. The van der Waals surface area contributed by atoms with E-state index in [1.165, 1.54) is 5.56 Å². The maximum atomic E-state index is 12.4. The number of hydrogen-bond acceptors (Lipinski definition) is 5. The maximum Gasteiger partial charge on any atom is 0.334 e. The quantitative estimate of drug-likeness (QED) is 0.803. The Kier molecular flexibility index (Phi) is 5.89. The van der Waals surface area contributed by atoms with Crippen molar-refractivity contribution in [3.05, 3.63) is 47.0 Å². The summed E-state index contributed by atoms with van der Waals surface area (Å²) in [5, 5.41) is 3.53. The highest BCUT2D eigenvalue weighted by Crippen LogP contribution is 2.39. The predicted molar refractivity (Wildman–Crippen MR) is 95.0 cm³/mol. The first-order chi connectivity index (χ1) is 12.1. The second-order valence-electron chi connectivity index (χ2n) is 6.60. The Morgan fingerprint density at radius 1 is 1.28 bits per heavy atom. The molecule has 1 aromatic carbocycles. The molecule has 5 heteroatoms. The molecule has 136 valence electrons. The van der Waals surface area contributed by atoms with Crippen LogP contribution in [0.4, 0.5) is 0 Å². The molecule has 1 aromatic rings. The molecular weight excluding hydrogens is 318 g/mol. The first-order valence-corrected chi connectivity index (χ1v) is 9.08. The second-order valence-corrected chi connectivity index (χ2v) is 6.60. The Hall–Kier alpha value is -1.69. The minimum Gasteiger partial charge on any atom is -0.463 e. The van der Waals surface area contributed by atoms with E-state index in [4.69, 9.17) is 14.2 Å². The molecular formula is C20H27NO4. The predicted octanol–water partition coefficient (Wildman–Crippen LogP) is 3.12. The molecule has 0 radical (unpaired) electrons. The molecule has 0 bridgehead atoms. The zero-order valence-electron chi connectivity index (χ0n) is 15.0. The molecule has 2 aliphatic rings. The van der Waals surface area contributed by atoms with E-state index in [2.05, 4.69) is 24.4 Å². The lowest BCUT2D eigenvalue weighted by molar-refractivity contribution is -0.168. The maximum absolute atomic E-state index is 12.4. The number of nitrogens with one attached hydrogen (secondary N) is 1. The van der Waals surface area contributed by atoms with Crippen LogP contribution in [0.3, 0.4) is 0 Å². The third-order valence-electron chi connectivity index (χ3n) is 4.94. The van der Waals surface area contributed by atoms with E-state index in [0.717, 1.165) is 18.4 Å². The number of rotatable bonds is 6. The average molecular weight is 345 g/mol. The first-order valence-electron chi connectivity index (χ1n) is 9.08. The molecule has 1 spiro atoms. The molecule has 1 aliphatic carbocycles. The van der Waals surface area contributed by atoms with Gasteiger partial charge in [0.2, 0.25) is 0 Å². The van der Waals surface area contributed by atoms with Crippen LogP contribution in [0.25, 0.3) is 0 Å². The van der Waals surface area contributed by atoms with E-state index in [0.29, 0.717) is 38.4 Å². The molecule has 0 aromatic heterocycles. The van der Waals surface area contributed by atoms with Crippen LogP contribution in [-0.2, 0) is 19.0 Å². The Labute approximate surface area is 149 Å². The van der Waals surface area contributed by atoms with Gasteiger partial charge < -0.3 is 19.5 Å². The normalized spacial score (nSPS) is 20.7. The van der Waals surface area contributed by atoms with Gasteiger partial charge in [-0.25, -0.2) is 4.79 Å². The Morgan fingerprint density at radius 3 is 2.68 bits per heavy atom. The molecule has 1 fully saturated rings. The van der Waals surface area contributed by atoms with Gasteiger partial charge in [0.25, 0.3) is 0 Å². The summed E-state index contributed by atoms with van der Waals surface area (Å²) in [6.07, 6.45) is 2.04. The fourth-order valence-electron chi connectivity index (χ4n) is 3.48. The number of ether oxygens (including phenoxy) is 3. The third-order valence-corrected chi connectivity index (χ3v) is 4.94. The summed E-state index contributed by atoms with van der Waals surface area (Å²) >= 11 is 0. The van der Waals surface area contributed by atoms with Crippen LogP contribution in [0, 0.1) is 0 Å². The Morgan fingerprint density at radius 2 is 2.00 bits per heavy atom. The summed E-state index contributed by atoms with van der Waals surface area (Å²) in [5.74, 6) is -0.874. The molecule has 3 rings (SSSR count). The van der Waals surface area contributed by atoms with E-state index < -0.39 is 5.79 Å². The van der Waals surface area contributed by atoms with Crippen molar-refractivity contribution in [1.29, 1.82) is 0 Å². The third kappa shape index (κ3) is 4.29. The average Bonchev–Trinajstić information content (AvgIpc) is 3.09. The molecule has 0 unspecified atom stereocenters. The highest BCUT2D eigenvalue weighted by Gasteiger charge is 2.42. The van der Waals surface area contributed by atoms with E-state index in [-0.39, 0.29) is 12.0 Å². The highest BCUT2D eigenvalue weighted by molar-refractivity contribution is 5.90. The van der Waals surface area contributed by atoms with Crippen LogP contribution in [0.1, 0.15) is 44.7 Å². The van der Waals surface area contributed by atoms with Crippen molar-refractivity contribution in [3.63, 3.8) is 0 Å². The van der Waals surface area contributed by atoms with E-state index >= 15 is 0 Å². The molecule has 1 aliphatic heterocycles. The zero-order chi connectivity index (χ0) is 17.7. The first kappa shape index (κ1) is 18.1. The van der Waals surface area contributed by atoms with Gasteiger partial charge in [-0.05, 0) is 31.4 Å². The van der Waals surface area contributed by atoms with Gasteiger partial charge >= 0.3 is 5.97 Å². The van der Waals surface area contributed by atoms with Gasteiger partial charge in [-0.2, -0.15) is 0 Å². The number of esters is 1. The van der Waals surface area contributed by atoms with Crippen LogP contribution in [0.2, 0.25) is 0 Å². The van der Waals surface area contributed by atoms with Crippen LogP contribution in [0.15, 0.2) is 41.5 Å². The molecule has 0 amide bonds. The second kappa shape index (κ2) is 8.13. The van der Waals surface area contributed by atoms with Gasteiger partial charge in [-0.3, -0.25) is 0 Å². The molecule has 1 heterocycles. The van der Waals surface area contributed by atoms with Crippen LogP contribution < -0.4 is 5.32 Å². The standard InChI is InChI=1S/C20H27NO4/c1-3-23-19(22)18-13-20(24-11-12-25-20)10-9-17(18)14-21-15(2)16-7-5-4-6-8-16/h4-8,15,21H,3,9-14H2,1-2H3/t15-/m1/s1. The Bertz CT molecular complexity index is 620. The molecule has 1 saturated heterocycles. The summed E-state index contributed by atoms with van der Waals surface area (Å²) in [5.41, 5.74) is 3.05. The number of benzene rings is 1. The van der Waals surface area contributed by atoms with Crippen LogP contribution in [0.5, 0.6) is 0 Å². The number of carbonyl (C=O) groups excluding carboxylic acids is 1. The summed E-state index contributed by atoms with van der Waals surface area (Å²) in [6, 6.07) is 10.5. The smallest absolute Gasteiger partial charge is 0.334 e. The van der Waals surface area contributed by atoms with E-state index in [1.54, 1.807) is 0 Å². The van der Waals surface area contributed by atoms with Gasteiger partial charge in [0.15, 0.2) is 5.79 Å². The molecule has 1 atom stereocenters. The zero-order valence-corrected chi connectivity index (χ0v) is 15.0. The largest absolute Gasteiger partial charge is 0.463 e. The van der Waals surface area contributed by atoms with Gasteiger partial charge in [0, 0.05) is 31.0 Å². The van der Waals surface area contributed by atoms with Crippen molar-refractivity contribution in [2.75, 3.05) is 26.4 Å².